The van der Waals surface area contributed by atoms with E-state index in [1.807, 2.05) is 20.9 Å². The van der Waals surface area contributed by atoms with Crippen LogP contribution in [0, 0.1) is 13.8 Å². The Bertz CT molecular complexity index is 737. The molecule has 0 aliphatic rings. The summed E-state index contributed by atoms with van der Waals surface area (Å²) in [6.07, 6.45) is 0.248. The van der Waals surface area contributed by atoms with Gasteiger partial charge in [-0.25, -0.2) is 0 Å². The molecular formula is C16H20N4O3. The van der Waals surface area contributed by atoms with E-state index in [1.54, 1.807) is 28.9 Å². The number of carbonyl (C=O) groups is 2. The van der Waals surface area contributed by atoms with Gasteiger partial charge in [0, 0.05) is 30.1 Å². The van der Waals surface area contributed by atoms with Crippen LogP contribution in [0.5, 0.6) is 5.75 Å². The fourth-order valence-corrected chi connectivity index (χ4v) is 2.26. The fraction of sp³-hybridized carbons (Fsp3) is 0.312. The van der Waals surface area contributed by atoms with Crippen molar-refractivity contribution in [1.29, 1.82) is 0 Å². The maximum absolute atomic E-state index is 12.2. The van der Waals surface area contributed by atoms with Gasteiger partial charge in [-0.3, -0.25) is 14.3 Å². The van der Waals surface area contributed by atoms with E-state index in [0.29, 0.717) is 11.4 Å². The third-order valence-electron chi connectivity index (χ3n) is 3.50. The average molecular weight is 316 g/mol. The lowest BCUT2D eigenvalue weighted by Crippen LogP contribution is -2.20. The number of nitrogens with zero attached hydrogens (tertiary/aromatic N) is 2. The molecule has 0 saturated heterocycles. The number of nitrogens with two attached hydrogens (primary N) is 1. The zero-order valence-corrected chi connectivity index (χ0v) is 13.4. The van der Waals surface area contributed by atoms with E-state index in [-0.39, 0.29) is 18.9 Å². The molecule has 1 heterocycles. The summed E-state index contributed by atoms with van der Waals surface area (Å²) in [6, 6.07) is 6.81. The van der Waals surface area contributed by atoms with Crippen molar-refractivity contribution in [2.45, 2.75) is 20.3 Å². The van der Waals surface area contributed by atoms with Crippen molar-refractivity contribution in [2.75, 3.05) is 11.9 Å². The molecule has 2 amide bonds. The Balaban J connectivity index is 2.02. The van der Waals surface area contributed by atoms with E-state index in [2.05, 4.69) is 10.4 Å². The van der Waals surface area contributed by atoms with Crippen LogP contribution in [0.3, 0.4) is 0 Å². The van der Waals surface area contributed by atoms with E-state index in [4.69, 9.17) is 10.5 Å². The first-order valence-electron chi connectivity index (χ1n) is 7.17. The number of ether oxygens (including phenoxy) is 1. The van der Waals surface area contributed by atoms with Gasteiger partial charge in [0.2, 0.25) is 5.91 Å². The van der Waals surface area contributed by atoms with Crippen LogP contribution in [0.4, 0.5) is 5.69 Å². The first-order valence-corrected chi connectivity index (χ1v) is 7.17. The summed E-state index contributed by atoms with van der Waals surface area (Å²) in [5.74, 6) is -0.228. The SMILES string of the molecule is Cc1nn(C)c(C)c1CC(=O)Nc1cccc(OCC(N)=O)c1. The molecule has 1 aromatic heterocycles. The Hall–Kier alpha value is -2.83. The maximum Gasteiger partial charge on any atom is 0.255 e. The molecule has 0 bridgehead atoms. The quantitative estimate of drug-likeness (QED) is 0.833. The van der Waals surface area contributed by atoms with Gasteiger partial charge in [0.25, 0.3) is 5.91 Å². The number of aromatic nitrogens is 2. The number of aryl methyl sites for hydroxylation is 2. The second-order valence-corrected chi connectivity index (χ2v) is 5.28. The summed E-state index contributed by atoms with van der Waals surface area (Å²) >= 11 is 0. The number of carbonyl (C=O) groups excluding carboxylic acids is 2. The first kappa shape index (κ1) is 16.5. The van der Waals surface area contributed by atoms with Crippen molar-refractivity contribution < 1.29 is 14.3 Å². The van der Waals surface area contributed by atoms with Gasteiger partial charge in [0.15, 0.2) is 6.61 Å². The molecule has 0 saturated carbocycles. The number of amides is 2. The minimum Gasteiger partial charge on any atom is -0.484 e. The summed E-state index contributed by atoms with van der Waals surface area (Å²) in [5, 5.41) is 7.11. The Morgan fingerprint density at radius 3 is 2.70 bits per heavy atom. The van der Waals surface area contributed by atoms with Gasteiger partial charge >= 0.3 is 0 Å². The molecular weight excluding hydrogens is 296 g/mol. The highest BCUT2D eigenvalue weighted by atomic mass is 16.5. The van der Waals surface area contributed by atoms with Crippen LogP contribution in [-0.2, 0) is 23.1 Å². The molecule has 122 valence electrons. The fourth-order valence-electron chi connectivity index (χ4n) is 2.26. The lowest BCUT2D eigenvalue weighted by atomic mass is 10.1. The second kappa shape index (κ2) is 6.95. The molecule has 1 aromatic carbocycles. The number of hydrogen-bond acceptors (Lipinski definition) is 4. The van der Waals surface area contributed by atoms with Gasteiger partial charge < -0.3 is 15.8 Å². The highest BCUT2D eigenvalue weighted by molar-refractivity contribution is 5.92. The van der Waals surface area contributed by atoms with Gasteiger partial charge in [0.1, 0.15) is 5.75 Å². The van der Waals surface area contributed by atoms with Crippen LogP contribution in [0.25, 0.3) is 0 Å². The standard InChI is InChI=1S/C16H20N4O3/c1-10-14(11(2)20(3)19-10)8-16(22)18-12-5-4-6-13(7-12)23-9-15(17)21/h4-7H,8-9H2,1-3H3,(H2,17,21)(H,18,22). The van der Waals surface area contributed by atoms with Crippen LogP contribution >= 0.6 is 0 Å². The molecule has 23 heavy (non-hydrogen) atoms. The second-order valence-electron chi connectivity index (χ2n) is 5.28. The number of nitrogens with one attached hydrogen (secondary N) is 1. The number of hydrogen-bond donors (Lipinski definition) is 2. The van der Waals surface area contributed by atoms with Gasteiger partial charge in [-0.15, -0.1) is 0 Å². The van der Waals surface area contributed by atoms with E-state index >= 15 is 0 Å². The molecule has 0 aliphatic carbocycles. The van der Waals surface area contributed by atoms with Gasteiger partial charge in [-0.2, -0.15) is 5.10 Å². The number of primary amides is 1. The van der Waals surface area contributed by atoms with Crippen molar-refractivity contribution in [3.63, 3.8) is 0 Å². The van der Waals surface area contributed by atoms with Crippen LogP contribution in [0.1, 0.15) is 17.0 Å². The lowest BCUT2D eigenvalue weighted by Gasteiger charge is -2.08. The van der Waals surface area contributed by atoms with Gasteiger partial charge in [0.05, 0.1) is 12.1 Å². The van der Waals surface area contributed by atoms with Crippen LogP contribution < -0.4 is 15.8 Å². The zero-order valence-electron chi connectivity index (χ0n) is 13.4. The predicted molar refractivity (Wildman–Crippen MR) is 86.1 cm³/mol. The van der Waals surface area contributed by atoms with Crippen LogP contribution in [0.2, 0.25) is 0 Å². The third-order valence-corrected chi connectivity index (χ3v) is 3.50. The molecule has 0 atom stereocenters. The number of benzene rings is 1. The molecule has 0 fully saturated rings. The maximum atomic E-state index is 12.2. The minimum atomic E-state index is -0.554. The third kappa shape index (κ3) is 4.32. The Kier molecular flexibility index (Phi) is 5.00. The largest absolute Gasteiger partial charge is 0.484 e. The molecule has 3 N–H and O–H groups in total. The normalized spacial score (nSPS) is 10.4. The Morgan fingerprint density at radius 1 is 1.35 bits per heavy atom. The van der Waals surface area contributed by atoms with E-state index in [0.717, 1.165) is 17.0 Å². The lowest BCUT2D eigenvalue weighted by molar-refractivity contribution is -0.120. The summed E-state index contributed by atoms with van der Waals surface area (Å²) in [4.78, 5) is 22.9. The monoisotopic (exact) mass is 316 g/mol. The first-order chi connectivity index (χ1) is 10.9. The zero-order chi connectivity index (χ0) is 17.0. The van der Waals surface area contributed by atoms with Gasteiger partial charge in [-0.1, -0.05) is 6.07 Å². The van der Waals surface area contributed by atoms with Crippen LogP contribution in [0.15, 0.2) is 24.3 Å². The van der Waals surface area contributed by atoms with Crippen molar-refractivity contribution in [3.05, 3.63) is 41.2 Å². The number of anilines is 1. The highest BCUT2D eigenvalue weighted by Crippen LogP contribution is 2.18. The summed E-state index contributed by atoms with van der Waals surface area (Å²) < 4.78 is 6.97. The van der Waals surface area contributed by atoms with E-state index in [9.17, 15) is 9.59 Å². The summed E-state index contributed by atoms with van der Waals surface area (Å²) in [6.45, 7) is 3.61. The minimum absolute atomic E-state index is 0.142. The number of rotatable bonds is 6. The smallest absolute Gasteiger partial charge is 0.255 e. The molecule has 0 spiro atoms. The van der Waals surface area contributed by atoms with Crippen LogP contribution in [-0.4, -0.2) is 28.2 Å². The molecule has 7 nitrogen and oxygen atoms in total. The highest BCUT2D eigenvalue weighted by Gasteiger charge is 2.13. The average Bonchev–Trinajstić information content (AvgIpc) is 2.72. The molecule has 7 heteroatoms. The molecule has 0 unspecified atom stereocenters. The topological polar surface area (TPSA) is 99.2 Å². The van der Waals surface area contributed by atoms with Gasteiger partial charge in [-0.05, 0) is 26.0 Å². The van der Waals surface area contributed by atoms with Crippen molar-refractivity contribution in [1.82, 2.24) is 9.78 Å². The summed E-state index contributed by atoms with van der Waals surface area (Å²) in [5.41, 5.74) is 8.36. The molecule has 2 aromatic rings. The molecule has 0 aliphatic heterocycles. The van der Waals surface area contributed by atoms with Crippen molar-refractivity contribution >= 4 is 17.5 Å². The molecule has 2 rings (SSSR count). The Morgan fingerprint density at radius 2 is 2.09 bits per heavy atom. The summed E-state index contributed by atoms with van der Waals surface area (Å²) in [7, 11) is 1.85. The predicted octanol–water partition coefficient (Wildman–Crippen LogP) is 1.08. The van der Waals surface area contributed by atoms with E-state index in [1.165, 1.54) is 0 Å². The van der Waals surface area contributed by atoms with Crippen molar-refractivity contribution in [3.8, 4) is 5.75 Å². The Labute approximate surface area is 134 Å². The van der Waals surface area contributed by atoms with Crippen molar-refractivity contribution in [2.24, 2.45) is 12.8 Å². The molecule has 0 radical (unpaired) electrons. The van der Waals surface area contributed by atoms with E-state index < -0.39 is 5.91 Å².